The predicted molar refractivity (Wildman–Crippen MR) is 83.8 cm³/mol. The molecule has 0 spiro atoms. The van der Waals surface area contributed by atoms with Crippen molar-refractivity contribution in [1.82, 2.24) is 9.97 Å². The van der Waals surface area contributed by atoms with Crippen LogP contribution in [0.4, 0.5) is 5.82 Å². The number of methoxy groups -OCH3 is 1. The Bertz CT molecular complexity index is 804. The molecular weight excluding hydrogens is 317 g/mol. The molecule has 2 aromatic heterocycles. The Morgan fingerprint density at radius 2 is 2.00 bits per heavy atom. The van der Waals surface area contributed by atoms with Crippen LogP contribution >= 0.6 is 34.5 Å². The Morgan fingerprint density at radius 3 is 2.65 bits per heavy atom. The molecule has 0 atom stereocenters. The molecule has 2 heterocycles. The maximum absolute atomic E-state index is 6.12. The first-order chi connectivity index (χ1) is 9.58. The number of fused-ring (bicyclic) bond motifs is 1. The van der Waals surface area contributed by atoms with Gasteiger partial charge in [-0.3, -0.25) is 0 Å². The van der Waals surface area contributed by atoms with Crippen molar-refractivity contribution in [3.8, 4) is 17.1 Å². The van der Waals surface area contributed by atoms with Crippen LogP contribution < -0.4 is 10.5 Å². The van der Waals surface area contributed by atoms with E-state index in [9.17, 15) is 0 Å². The second-order valence-corrected chi connectivity index (χ2v) is 6.34. The van der Waals surface area contributed by atoms with Crippen molar-refractivity contribution in [2.75, 3.05) is 12.8 Å². The largest absolute Gasteiger partial charge is 0.497 e. The average molecular weight is 326 g/mol. The molecule has 2 N–H and O–H groups in total. The van der Waals surface area contributed by atoms with Crippen LogP contribution in [0.1, 0.15) is 0 Å². The fraction of sp³-hybridized carbons (Fsp3) is 0.0769. The fourth-order valence-electron chi connectivity index (χ4n) is 1.87. The van der Waals surface area contributed by atoms with Gasteiger partial charge in [0.05, 0.1) is 22.5 Å². The number of thiophene rings is 1. The number of nitrogens with zero attached hydrogens (tertiary/aromatic N) is 2. The molecule has 1 aromatic carbocycles. The van der Waals surface area contributed by atoms with Gasteiger partial charge in [-0.15, -0.1) is 11.3 Å². The fourth-order valence-corrected chi connectivity index (χ4v) is 3.33. The second kappa shape index (κ2) is 5.09. The van der Waals surface area contributed by atoms with Crippen LogP contribution in [-0.4, -0.2) is 17.1 Å². The predicted octanol–water partition coefficient (Wildman–Crippen LogP) is 4.26. The lowest BCUT2D eigenvalue weighted by atomic mass is 10.2. The number of anilines is 1. The van der Waals surface area contributed by atoms with E-state index in [-0.39, 0.29) is 0 Å². The number of nitrogen functional groups attached to an aromatic ring is 1. The number of aromatic nitrogens is 2. The second-order valence-electron chi connectivity index (χ2n) is 4.05. The quantitative estimate of drug-likeness (QED) is 0.764. The number of rotatable bonds is 2. The first-order valence-electron chi connectivity index (χ1n) is 5.65. The molecule has 20 heavy (non-hydrogen) atoms. The number of halogens is 2. The molecule has 0 aliphatic rings. The van der Waals surface area contributed by atoms with Crippen LogP contribution in [0, 0.1) is 0 Å². The van der Waals surface area contributed by atoms with Gasteiger partial charge in [0.15, 0.2) is 5.82 Å². The number of benzene rings is 1. The molecule has 7 heteroatoms. The maximum atomic E-state index is 6.12. The van der Waals surface area contributed by atoms with Gasteiger partial charge in [0.2, 0.25) is 0 Å². The highest BCUT2D eigenvalue weighted by Crippen LogP contribution is 2.37. The Hall–Kier alpha value is -1.56. The van der Waals surface area contributed by atoms with Crippen molar-refractivity contribution in [1.29, 1.82) is 0 Å². The van der Waals surface area contributed by atoms with Gasteiger partial charge in [-0.2, -0.15) is 0 Å². The zero-order chi connectivity index (χ0) is 14.3. The van der Waals surface area contributed by atoms with E-state index in [4.69, 9.17) is 33.7 Å². The summed E-state index contributed by atoms with van der Waals surface area (Å²) in [6.45, 7) is 0. The van der Waals surface area contributed by atoms with Gasteiger partial charge in [-0.1, -0.05) is 23.2 Å². The van der Waals surface area contributed by atoms with E-state index in [0.717, 1.165) is 10.9 Å². The summed E-state index contributed by atoms with van der Waals surface area (Å²) in [4.78, 5) is 8.77. The highest BCUT2D eigenvalue weighted by Gasteiger charge is 2.14. The Labute approximate surface area is 129 Å². The molecule has 4 nitrogen and oxygen atoms in total. The summed E-state index contributed by atoms with van der Waals surface area (Å²) in [5.74, 6) is 1.55. The Morgan fingerprint density at radius 1 is 1.20 bits per heavy atom. The van der Waals surface area contributed by atoms with Crippen molar-refractivity contribution in [3.05, 3.63) is 32.9 Å². The summed E-state index contributed by atoms with van der Waals surface area (Å²) in [5.41, 5.74) is 7.41. The van der Waals surface area contributed by atoms with E-state index in [0.29, 0.717) is 31.6 Å². The number of hydrogen-bond acceptors (Lipinski definition) is 5. The summed E-state index contributed by atoms with van der Waals surface area (Å²) in [6, 6.07) is 7.19. The molecule has 0 aliphatic heterocycles. The zero-order valence-corrected chi connectivity index (χ0v) is 12.7. The topological polar surface area (TPSA) is 61.0 Å². The summed E-state index contributed by atoms with van der Waals surface area (Å²) in [6.07, 6.45) is 0. The summed E-state index contributed by atoms with van der Waals surface area (Å²) >= 11 is 13.3. The van der Waals surface area contributed by atoms with E-state index in [2.05, 4.69) is 9.97 Å². The van der Waals surface area contributed by atoms with Crippen molar-refractivity contribution in [3.63, 3.8) is 0 Å². The van der Waals surface area contributed by atoms with Crippen molar-refractivity contribution < 1.29 is 4.74 Å². The molecule has 0 aliphatic carbocycles. The van der Waals surface area contributed by atoms with Gasteiger partial charge in [-0.25, -0.2) is 9.97 Å². The van der Waals surface area contributed by atoms with E-state index < -0.39 is 0 Å². The van der Waals surface area contributed by atoms with E-state index in [1.165, 1.54) is 11.3 Å². The van der Waals surface area contributed by atoms with Gasteiger partial charge in [0, 0.05) is 5.39 Å². The molecule has 3 aromatic rings. The van der Waals surface area contributed by atoms with Crippen LogP contribution in [0.25, 0.3) is 22.3 Å². The highest BCUT2D eigenvalue weighted by atomic mass is 35.5. The van der Waals surface area contributed by atoms with Gasteiger partial charge in [0.1, 0.15) is 15.9 Å². The lowest BCUT2D eigenvalue weighted by Gasteiger charge is -2.06. The maximum Gasteiger partial charge on any atom is 0.164 e. The van der Waals surface area contributed by atoms with Crippen molar-refractivity contribution >= 4 is 51.3 Å². The third-order valence-electron chi connectivity index (χ3n) is 2.83. The third kappa shape index (κ3) is 2.28. The SMILES string of the molecule is COc1ccc2nc(-c3cc(Cl)sc3Cl)nc(N)c2c1. The van der Waals surface area contributed by atoms with Crippen molar-refractivity contribution in [2.24, 2.45) is 0 Å². The van der Waals surface area contributed by atoms with Crippen LogP contribution in [-0.2, 0) is 0 Å². The minimum Gasteiger partial charge on any atom is -0.497 e. The van der Waals surface area contributed by atoms with Gasteiger partial charge < -0.3 is 10.5 Å². The van der Waals surface area contributed by atoms with Crippen LogP contribution in [0.3, 0.4) is 0 Å². The molecule has 0 saturated carbocycles. The van der Waals surface area contributed by atoms with Crippen LogP contribution in [0.5, 0.6) is 5.75 Å². The Balaban J connectivity index is 2.22. The number of hydrogen-bond donors (Lipinski definition) is 1. The van der Waals surface area contributed by atoms with E-state index >= 15 is 0 Å². The molecule has 0 saturated heterocycles. The van der Waals surface area contributed by atoms with Crippen LogP contribution in [0.15, 0.2) is 24.3 Å². The molecule has 0 amide bonds. The molecule has 102 valence electrons. The minimum absolute atomic E-state index is 0.377. The molecule has 0 radical (unpaired) electrons. The summed E-state index contributed by atoms with van der Waals surface area (Å²) < 4.78 is 6.30. The minimum atomic E-state index is 0.377. The highest BCUT2D eigenvalue weighted by molar-refractivity contribution is 7.20. The molecule has 0 fully saturated rings. The summed E-state index contributed by atoms with van der Waals surface area (Å²) in [5, 5.41) is 0.741. The van der Waals surface area contributed by atoms with E-state index in [1.54, 1.807) is 19.2 Å². The normalized spacial score (nSPS) is 10.9. The molecule has 3 rings (SSSR count). The smallest absolute Gasteiger partial charge is 0.164 e. The van der Waals surface area contributed by atoms with Gasteiger partial charge in [0.25, 0.3) is 0 Å². The Kier molecular flexibility index (Phi) is 3.41. The first kappa shape index (κ1) is 13.4. The van der Waals surface area contributed by atoms with Crippen LogP contribution in [0.2, 0.25) is 8.67 Å². The first-order valence-corrected chi connectivity index (χ1v) is 7.22. The molecule has 0 bridgehead atoms. The summed E-state index contributed by atoms with van der Waals surface area (Å²) in [7, 11) is 1.60. The molecule has 0 unspecified atom stereocenters. The van der Waals surface area contributed by atoms with Gasteiger partial charge >= 0.3 is 0 Å². The monoisotopic (exact) mass is 325 g/mol. The zero-order valence-electron chi connectivity index (χ0n) is 10.4. The lowest BCUT2D eigenvalue weighted by molar-refractivity contribution is 0.415. The lowest BCUT2D eigenvalue weighted by Crippen LogP contribution is -1.98. The average Bonchev–Trinajstić information content (AvgIpc) is 2.77. The number of ether oxygens (including phenoxy) is 1. The third-order valence-corrected chi connectivity index (χ3v) is 4.32. The molecular formula is C13H9Cl2N3OS. The number of nitrogens with two attached hydrogens (primary N) is 1. The standard InChI is InChI=1S/C13H9Cl2N3OS/c1-19-6-2-3-9-7(4-6)12(16)18-13(17-9)8-5-10(14)20-11(8)15/h2-5H,1H3,(H2,16,17,18). The van der Waals surface area contributed by atoms with Gasteiger partial charge in [-0.05, 0) is 24.3 Å². The van der Waals surface area contributed by atoms with Crippen molar-refractivity contribution in [2.45, 2.75) is 0 Å². The van der Waals surface area contributed by atoms with E-state index in [1.807, 2.05) is 12.1 Å².